The van der Waals surface area contributed by atoms with E-state index in [1.807, 2.05) is 17.7 Å². The molecule has 112 valence electrons. The molecule has 5 nitrogen and oxygen atoms in total. The van der Waals surface area contributed by atoms with Crippen LogP contribution >= 0.6 is 27.7 Å². The van der Waals surface area contributed by atoms with E-state index in [1.165, 1.54) is 25.7 Å². The van der Waals surface area contributed by atoms with Crippen LogP contribution in [-0.4, -0.2) is 20.2 Å². The molecule has 0 aliphatic heterocycles. The molecular formula is C14H18BrN5S. The van der Waals surface area contributed by atoms with Crippen LogP contribution in [-0.2, 0) is 0 Å². The minimum atomic E-state index is -0.0270. The smallest absolute Gasteiger partial charge is 0.214 e. The highest BCUT2D eigenvalue weighted by Crippen LogP contribution is 2.36. The number of benzene rings is 1. The molecule has 1 aliphatic carbocycles. The van der Waals surface area contributed by atoms with E-state index < -0.39 is 0 Å². The summed E-state index contributed by atoms with van der Waals surface area (Å²) in [7, 11) is 0. The molecule has 1 saturated carbocycles. The molecule has 1 fully saturated rings. The molecule has 1 aliphatic rings. The number of aromatic nitrogens is 4. The van der Waals surface area contributed by atoms with Crippen LogP contribution in [0.4, 0.5) is 0 Å². The van der Waals surface area contributed by atoms with E-state index in [4.69, 9.17) is 5.73 Å². The van der Waals surface area contributed by atoms with Gasteiger partial charge < -0.3 is 5.73 Å². The monoisotopic (exact) mass is 367 g/mol. The third kappa shape index (κ3) is 3.30. The Hall–Kier alpha value is -0.920. The summed E-state index contributed by atoms with van der Waals surface area (Å²) in [6.45, 7) is 1.99. The van der Waals surface area contributed by atoms with Gasteiger partial charge in [0, 0.05) is 15.4 Å². The van der Waals surface area contributed by atoms with E-state index in [0.717, 1.165) is 20.1 Å². The number of tetrazole rings is 1. The number of hydrogen-bond donors (Lipinski definition) is 1. The standard InChI is InChI=1S/C14H18BrN5S/c1-9(16)12-8-10(15)6-7-13(12)21-14-17-18-19-20(14)11-4-2-3-5-11/h6-9,11H,2-5,16H2,1H3. The Kier molecular flexibility index (Phi) is 4.61. The van der Waals surface area contributed by atoms with Crippen molar-refractivity contribution in [1.82, 2.24) is 20.2 Å². The van der Waals surface area contributed by atoms with Crippen LogP contribution < -0.4 is 5.73 Å². The molecule has 0 radical (unpaired) electrons. The second kappa shape index (κ2) is 6.46. The molecule has 0 spiro atoms. The molecule has 1 aromatic carbocycles. The molecule has 21 heavy (non-hydrogen) atoms. The van der Waals surface area contributed by atoms with Crippen molar-refractivity contribution < 1.29 is 0 Å². The van der Waals surface area contributed by atoms with Crippen LogP contribution in [0.1, 0.15) is 50.3 Å². The van der Waals surface area contributed by atoms with E-state index >= 15 is 0 Å². The van der Waals surface area contributed by atoms with E-state index in [9.17, 15) is 0 Å². The van der Waals surface area contributed by atoms with Gasteiger partial charge in [-0.05, 0) is 65.7 Å². The number of halogens is 1. The average Bonchev–Trinajstić information content (AvgIpc) is 3.11. The molecule has 1 atom stereocenters. The van der Waals surface area contributed by atoms with Crippen LogP contribution in [0.15, 0.2) is 32.7 Å². The second-order valence-electron chi connectivity index (χ2n) is 5.42. The maximum absolute atomic E-state index is 6.08. The van der Waals surface area contributed by atoms with Crippen LogP contribution in [0.2, 0.25) is 0 Å². The second-order valence-corrected chi connectivity index (χ2v) is 7.34. The van der Waals surface area contributed by atoms with Crippen molar-refractivity contribution in [2.75, 3.05) is 0 Å². The lowest BCUT2D eigenvalue weighted by molar-refractivity contribution is 0.423. The van der Waals surface area contributed by atoms with Gasteiger partial charge in [-0.15, -0.1) is 5.10 Å². The Balaban J connectivity index is 1.89. The summed E-state index contributed by atoms with van der Waals surface area (Å²) >= 11 is 5.10. The lowest BCUT2D eigenvalue weighted by Crippen LogP contribution is -2.09. The molecule has 0 saturated heterocycles. The fourth-order valence-electron chi connectivity index (χ4n) is 2.70. The number of nitrogens with two attached hydrogens (primary N) is 1. The zero-order valence-corrected chi connectivity index (χ0v) is 14.3. The predicted molar refractivity (Wildman–Crippen MR) is 86.2 cm³/mol. The zero-order valence-electron chi connectivity index (χ0n) is 11.9. The zero-order chi connectivity index (χ0) is 14.8. The normalized spacial score (nSPS) is 17.3. The first-order valence-electron chi connectivity index (χ1n) is 7.16. The van der Waals surface area contributed by atoms with E-state index in [0.29, 0.717) is 6.04 Å². The van der Waals surface area contributed by atoms with Crippen LogP contribution in [0.3, 0.4) is 0 Å². The first kappa shape index (κ1) is 15.0. The van der Waals surface area contributed by atoms with Crippen LogP contribution in [0.25, 0.3) is 0 Å². The molecule has 2 aromatic rings. The largest absolute Gasteiger partial charge is 0.324 e. The molecule has 7 heteroatoms. The maximum Gasteiger partial charge on any atom is 0.214 e. The van der Waals surface area contributed by atoms with Gasteiger partial charge in [-0.25, -0.2) is 4.68 Å². The minimum absolute atomic E-state index is 0.0270. The van der Waals surface area contributed by atoms with Crippen molar-refractivity contribution in [2.45, 2.75) is 54.7 Å². The minimum Gasteiger partial charge on any atom is -0.324 e. The Bertz CT molecular complexity index is 622. The van der Waals surface area contributed by atoms with E-state index in [-0.39, 0.29) is 6.04 Å². The van der Waals surface area contributed by atoms with Gasteiger partial charge in [0.1, 0.15) is 0 Å². The summed E-state index contributed by atoms with van der Waals surface area (Å²) in [5, 5.41) is 13.1. The van der Waals surface area contributed by atoms with Crippen molar-refractivity contribution in [3.05, 3.63) is 28.2 Å². The van der Waals surface area contributed by atoms with Crippen molar-refractivity contribution in [2.24, 2.45) is 5.73 Å². The number of hydrogen-bond acceptors (Lipinski definition) is 5. The molecule has 1 aromatic heterocycles. The van der Waals surface area contributed by atoms with Gasteiger partial charge in [0.15, 0.2) is 0 Å². The molecule has 1 unspecified atom stereocenters. The summed E-state index contributed by atoms with van der Waals surface area (Å²) in [5.41, 5.74) is 7.19. The molecule has 2 N–H and O–H groups in total. The molecular weight excluding hydrogens is 350 g/mol. The van der Waals surface area contributed by atoms with Crippen LogP contribution in [0.5, 0.6) is 0 Å². The topological polar surface area (TPSA) is 69.6 Å². The molecule has 0 amide bonds. The third-order valence-corrected chi connectivity index (χ3v) is 5.33. The molecule has 3 rings (SSSR count). The van der Waals surface area contributed by atoms with Gasteiger partial charge in [-0.2, -0.15) is 0 Å². The fraction of sp³-hybridized carbons (Fsp3) is 0.500. The maximum atomic E-state index is 6.08. The lowest BCUT2D eigenvalue weighted by atomic mass is 10.1. The Morgan fingerprint density at radius 2 is 2.14 bits per heavy atom. The highest BCUT2D eigenvalue weighted by molar-refractivity contribution is 9.10. The van der Waals surface area contributed by atoms with Crippen molar-refractivity contribution in [1.29, 1.82) is 0 Å². The van der Waals surface area contributed by atoms with Gasteiger partial charge in [-0.3, -0.25) is 0 Å². The first-order valence-corrected chi connectivity index (χ1v) is 8.77. The Morgan fingerprint density at radius 3 is 2.86 bits per heavy atom. The summed E-state index contributed by atoms with van der Waals surface area (Å²) in [6.07, 6.45) is 4.86. The number of rotatable bonds is 4. The first-order chi connectivity index (χ1) is 10.1. The lowest BCUT2D eigenvalue weighted by Gasteiger charge is -2.14. The SMILES string of the molecule is CC(N)c1cc(Br)ccc1Sc1nnnn1C1CCCC1. The third-order valence-electron chi connectivity index (χ3n) is 3.80. The van der Waals surface area contributed by atoms with Gasteiger partial charge >= 0.3 is 0 Å². The summed E-state index contributed by atoms with van der Waals surface area (Å²) in [6, 6.07) is 6.58. The summed E-state index contributed by atoms with van der Waals surface area (Å²) in [5.74, 6) is 0. The van der Waals surface area contributed by atoms with Crippen molar-refractivity contribution in [3.63, 3.8) is 0 Å². The highest BCUT2D eigenvalue weighted by atomic mass is 79.9. The Labute approximate surface area is 136 Å². The average molecular weight is 368 g/mol. The Morgan fingerprint density at radius 1 is 1.38 bits per heavy atom. The van der Waals surface area contributed by atoms with Gasteiger partial charge in [0.25, 0.3) is 0 Å². The quantitative estimate of drug-likeness (QED) is 0.891. The van der Waals surface area contributed by atoms with Crippen molar-refractivity contribution >= 4 is 27.7 Å². The van der Waals surface area contributed by atoms with E-state index in [2.05, 4.69) is 43.6 Å². The number of nitrogens with zero attached hydrogens (tertiary/aromatic N) is 4. The van der Waals surface area contributed by atoms with Gasteiger partial charge in [0.05, 0.1) is 6.04 Å². The van der Waals surface area contributed by atoms with E-state index in [1.54, 1.807) is 11.8 Å². The van der Waals surface area contributed by atoms with Gasteiger partial charge in [-0.1, -0.05) is 28.8 Å². The highest BCUT2D eigenvalue weighted by Gasteiger charge is 2.22. The molecule has 0 bridgehead atoms. The molecule has 1 heterocycles. The summed E-state index contributed by atoms with van der Waals surface area (Å²) in [4.78, 5) is 1.11. The summed E-state index contributed by atoms with van der Waals surface area (Å²) < 4.78 is 3.01. The van der Waals surface area contributed by atoms with Gasteiger partial charge in [0.2, 0.25) is 5.16 Å². The van der Waals surface area contributed by atoms with Crippen molar-refractivity contribution in [3.8, 4) is 0 Å². The predicted octanol–water partition coefficient (Wildman–Crippen LogP) is 3.72. The fourth-order valence-corrected chi connectivity index (χ4v) is 4.13. The van der Waals surface area contributed by atoms with Crippen LogP contribution in [0, 0.1) is 0 Å².